The van der Waals surface area contributed by atoms with E-state index < -0.39 is 24.4 Å². The van der Waals surface area contributed by atoms with Gasteiger partial charge in [0.05, 0.1) is 32.7 Å². The van der Waals surface area contributed by atoms with E-state index in [1.165, 1.54) is 0 Å². The molecule has 3 amide bonds. The van der Waals surface area contributed by atoms with Crippen molar-refractivity contribution in [3.05, 3.63) is 65.7 Å². The van der Waals surface area contributed by atoms with Crippen molar-refractivity contribution in [2.24, 2.45) is 0 Å². The summed E-state index contributed by atoms with van der Waals surface area (Å²) in [6.07, 6.45) is -5.14. The Bertz CT molecular complexity index is 959. The highest BCUT2D eigenvalue weighted by Gasteiger charge is 2.37. The molecule has 1 fully saturated rings. The first-order valence-corrected chi connectivity index (χ1v) is 10.4. The Hall–Kier alpha value is -3.40. The largest absolute Gasteiger partial charge is 0.451 e. The summed E-state index contributed by atoms with van der Waals surface area (Å²) in [7, 11) is 0. The average molecular weight is 463 g/mol. The number of carbonyl (C=O) groups excluding carboxylic acids is 3. The number of para-hydroxylation sites is 1. The number of halogens is 3. The van der Waals surface area contributed by atoms with Gasteiger partial charge in [0.15, 0.2) is 0 Å². The van der Waals surface area contributed by atoms with Gasteiger partial charge in [0.2, 0.25) is 5.91 Å². The number of morpholine rings is 1. The molecule has 0 aromatic heterocycles. The number of ether oxygens (including phenoxy) is 1. The normalized spacial score (nSPS) is 14.0. The van der Waals surface area contributed by atoms with Gasteiger partial charge >= 0.3 is 12.2 Å². The van der Waals surface area contributed by atoms with Crippen LogP contribution in [0.3, 0.4) is 0 Å². The van der Waals surface area contributed by atoms with E-state index in [1.54, 1.807) is 34.1 Å². The van der Waals surface area contributed by atoms with Crippen LogP contribution in [0.1, 0.15) is 11.1 Å². The Morgan fingerprint density at radius 1 is 0.939 bits per heavy atom. The molecule has 0 atom stereocenters. The lowest BCUT2D eigenvalue weighted by Gasteiger charge is -2.33. The van der Waals surface area contributed by atoms with Crippen molar-refractivity contribution in [2.75, 3.05) is 37.7 Å². The van der Waals surface area contributed by atoms with Crippen molar-refractivity contribution in [1.82, 2.24) is 10.2 Å². The molecule has 1 N–H and O–H groups in total. The third-order valence-corrected chi connectivity index (χ3v) is 5.07. The molecular weight excluding hydrogens is 439 g/mol. The molecule has 0 bridgehead atoms. The Labute approximate surface area is 189 Å². The molecule has 2 aromatic carbocycles. The molecule has 0 saturated carbocycles. The summed E-state index contributed by atoms with van der Waals surface area (Å²) >= 11 is 0. The van der Waals surface area contributed by atoms with Gasteiger partial charge in [-0.1, -0.05) is 42.5 Å². The van der Waals surface area contributed by atoms with Gasteiger partial charge in [-0.15, -0.1) is 0 Å². The van der Waals surface area contributed by atoms with Gasteiger partial charge in [-0.25, -0.2) is 4.79 Å². The van der Waals surface area contributed by atoms with Gasteiger partial charge < -0.3 is 15.0 Å². The number of rotatable bonds is 7. The first kappa shape index (κ1) is 24.2. The summed E-state index contributed by atoms with van der Waals surface area (Å²) in [5.41, 5.74) is 2.13. The second-order valence-electron chi connectivity index (χ2n) is 7.49. The Morgan fingerprint density at radius 2 is 1.55 bits per heavy atom. The van der Waals surface area contributed by atoms with Crippen molar-refractivity contribution in [1.29, 1.82) is 0 Å². The minimum Gasteiger partial charge on any atom is -0.378 e. The van der Waals surface area contributed by atoms with Crippen LogP contribution < -0.4 is 10.2 Å². The van der Waals surface area contributed by atoms with Crippen LogP contribution in [0.2, 0.25) is 0 Å². The number of hydrogen-bond acceptors (Lipinski definition) is 4. The zero-order valence-corrected chi connectivity index (χ0v) is 17.8. The highest BCUT2D eigenvalue weighted by molar-refractivity contribution is 5.92. The standard InChI is InChI=1S/C23H24F3N3O4/c24-23(25,26)20(30)15-27-21(31)14-17-6-8-18(9-7-17)16-29(19-4-2-1-3-5-19)22(32)28-10-12-33-13-11-28/h1-9H,10-16H2,(H,27,31). The van der Waals surface area contributed by atoms with Crippen molar-refractivity contribution < 1.29 is 32.3 Å². The lowest BCUT2D eigenvalue weighted by atomic mass is 10.1. The van der Waals surface area contributed by atoms with Gasteiger partial charge in [0, 0.05) is 18.8 Å². The lowest BCUT2D eigenvalue weighted by molar-refractivity contribution is -0.170. The van der Waals surface area contributed by atoms with Crippen molar-refractivity contribution in [2.45, 2.75) is 19.1 Å². The second-order valence-corrected chi connectivity index (χ2v) is 7.49. The summed E-state index contributed by atoms with van der Waals surface area (Å²) < 4.78 is 42.0. The zero-order chi connectivity index (χ0) is 23.8. The van der Waals surface area contributed by atoms with Crippen molar-refractivity contribution in [3.63, 3.8) is 0 Å². The number of hydrogen-bond donors (Lipinski definition) is 1. The molecule has 0 spiro atoms. The topological polar surface area (TPSA) is 79.0 Å². The number of urea groups is 1. The Balaban J connectivity index is 1.63. The summed E-state index contributed by atoms with van der Waals surface area (Å²) in [5, 5.41) is 1.98. The molecule has 0 unspecified atom stereocenters. The molecular formula is C23H24F3N3O4. The fourth-order valence-electron chi connectivity index (χ4n) is 3.27. The molecule has 1 saturated heterocycles. The number of nitrogens with zero attached hydrogens (tertiary/aromatic N) is 2. The molecule has 33 heavy (non-hydrogen) atoms. The number of nitrogens with one attached hydrogen (secondary N) is 1. The summed E-state index contributed by atoms with van der Waals surface area (Å²) in [4.78, 5) is 39.3. The van der Waals surface area contributed by atoms with Gasteiger partial charge in [0.25, 0.3) is 5.78 Å². The van der Waals surface area contributed by atoms with E-state index in [0.29, 0.717) is 38.4 Å². The number of carbonyl (C=O) groups is 3. The van der Waals surface area contributed by atoms with E-state index in [0.717, 1.165) is 11.3 Å². The van der Waals surface area contributed by atoms with E-state index in [9.17, 15) is 27.6 Å². The van der Waals surface area contributed by atoms with E-state index in [2.05, 4.69) is 0 Å². The molecule has 1 aliphatic rings. The Morgan fingerprint density at radius 3 is 2.15 bits per heavy atom. The van der Waals surface area contributed by atoms with Crippen LogP contribution >= 0.6 is 0 Å². The molecule has 176 valence electrons. The Kier molecular flexibility index (Phi) is 8.05. The first-order chi connectivity index (χ1) is 15.7. The monoisotopic (exact) mass is 463 g/mol. The SMILES string of the molecule is O=C(Cc1ccc(CN(C(=O)N2CCOCC2)c2ccccc2)cc1)NCC(=O)C(F)(F)F. The van der Waals surface area contributed by atoms with Gasteiger partial charge in [-0.05, 0) is 23.3 Å². The van der Waals surface area contributed by atoms with Crippen LogP contribution in [0, 0.1) is 0 Å². The first-order valence-electron chi connectivity index (χ1n) is 10.4. The van der Waals surface area contributed by atoms with Crippen LogP contribution in [0.5, 0.6) is 0 Å². The highest BCUT2D eigenvalue weighted by atomic mass is 19.4. The van der Waals surface area contributed by atoms with Crippen molar-refractivity contribution >= 4 is 23.4 Å². The smallest absolute Gasteiger partial charge is 0.378 e. The molecule has 1 aliphatic heterocycles. The van der Waals surface area contributed by atoms with E-state index >= 15 is 0 Å². The minimum absolute atomic E-state index is 0.137. The number of amides is 3. The second kappa shape index (κ2) is 11.0. The molecule has 0 radical (unpaired) electrons. The van der Waals surface area contributed by atoms with Crippen LogP contribution in [0.4, 0.5) is 23.7 Å². The maximum atomic E-state index is 13.1. The maximum Gasteiger partial charge on any atom is 0.451 e. The lowest BCUT2D eigenvalue weighted by Crippen LogP contribution is -2.48. The fourth-order valence-corrected chi connectivity index (χ4v) is 3.27. The van der Waals surface area contributed by atoms with Gasteiger partial charge in [0.1, 0.15) is 0 Å². The van der Waals surface area contributed by atoms with E-state index in [4.69, 9.17) is 4.74 Å². The quantitative estimate of drug-likeness (QED) is 0.685. The molecule has 10 heteroatoms. The van der Waals surface area contributed by atoms with Crippen LogP contribution in [-0.4, -0.2) is 61.6 Å². The number of anilines is 1. The molecule has 1 heterocycles. The molecule has 3 rings (SSSR count). The van der Waals surface area contributed by atoms with E-state index in [-0.39, 0.29) is 12.5 Å². The predicted molar refractivity (Wildman–Crippen MR) is 115 cm³/mol. The third kappa shape index (κ3) is 7.04. The van der Waals surface area contributed by atoms with Crippen LogP contribution in [0.15, 0.2) is 54.6 Å². The van der Waals surface area contributed by atoms with E-state index in [1.807, 2.05) is 35.6 Å². The fraction of sp³-hybridized carbons (Fsp3) is 0.348. The third-order valence-electron chi connectivity index (χ3n) is 5.07. The van der Waals surface area contributed by atoms with Gasteiger partial charge in [-0.2, -0.15) is 13.2 Å². The van der Waals surface area contributed by atoms with Gasteiger partial charge in [-0.3, -0.25) is 14.5 Å². The zero-order valence-electron chi connectivity index (χ0n) is 17.8. The number of ketones is 1. The van der Waals surface area contributed by atoms with Crippen molar-refractivity contribution in [3.8, 4) is 0 Å². The molecule has 2 aromatic rings. The number of benzene rings is 2. The van der Waals surface area contributed by atoms with Crippen LogP contribution in [-0.2, 0) is 27.3 Å². The molecule has 7 nitrogen and oxygen atoms in total. The maximum absolute atomic E-state index is 13.1. The highest BCUT2D eigenvalue weighted by Crippen LogP contribution is 2.20. The number of Topliss-reactive ketones (excluding diaryl/α,β-unsaturated/α-hetero) is 1. The summed E-state index contributed by atoms with van der Waals surface area (Å²) in [6, 6.07) is 16.0. The number of alkyl halides is 3. The van der Waals surface area contributed by atoms with Crippen LogP contribution in [0.25, 0.3) is 0 Å². The average Bonchev–Trinajstić information content (AvgIpc) is 2.82. The minimum atomic E-state index is -4.97. The molecule has 0 aliphatic carbocycles. The summed E-state index contributed by atoms with van der Waals surface area (Å²) in [5.74, 6) is -2.69. The summed E-state index contributed by atoms with van der Waals surface area (Å²) in [6.45, 7) is 1.20. The predicted octanol–water partition coefficient (Wildman–Crippen LogP) is 2.94.